The van der Waals surface area contributed by atoms with Crippen LogP contribution in [0.1, 0.15) is 37.2 Å². The van der Waals surface area contributed by atoms with Crippen LogP contribution in [-0.2, 0) is 4.79 Å². The number of aromatic nitrogens is 1. The summed E-state index contributed by atoms with van der Waals surface area (Å²) in [6, 6.07) is 16.9. The summed E-state index contributed by atoms with van der Waals surface area (Å²) in [5.74, 6) is 0.208. The molecule has 0 N–H and O–H groups in total. The second-order valence-electron chi connectivity index (χ2n) is 7.88. The lowest BCUT2D eigenvalue weighted by Crippen LogP contribution is -2.41. The van der Waals surface area contributed by atoms with Crippen molar-refractivity contribution >= 4 is 44.9 Å². The molecule has 3 aromatic rings. The molecule has 6 heteroatoms. The maximum Gasteiger partial charge on any atom is 0.241 e. The van der Waals surface area contributed by atoms with Crippen LogP contribution < -0.4 is 4.90 Å². The molecule has 1 amide bonds. The predicted octanol–water partition coefficient (Wildman–Crippen LogP) is 5.35. The Bertz CT molecular complexity index is 1000. The average molecular weight is 424 g/mol. The Morgan fingerprint density at radius 2 is 1.93 bits per heavy atom. The van der Waals surface area contributed by atoms with Crippen LogP contribution in [0, 0.1) is 0 Å². The first-order chi connectivity index (χ1) is 14.2. The minimum atomic E-state index is 0.208. The normalized spacial score (nSPS) is 22.6. The van der Waals surface area contributed by atoms with Crippen LogP contribution in [0.4, 0.5) is 5.69 Å². The number of hydrogen-bond donors (Lipinski definition) is 0. The summed E-state index contributed by atoms with van der Waals surface area (Å²) in [6.45, 7) is 4.48. The molecule has 0 unspecified atom stereocenters. The van der Waals surface area contributed by atoms with E-state index in [-0.39, 0.29) is 11.9 Å². The molecule has 2 aromatic carbocycles. The van der Waals surface area contributed by atoms with Crippen LogP contribution in [-0.4, -0.2) is 40.7 Å². The standard InChI is InChI=1S/C23H25N3OS2/c1-16-12-14-26(18-8-3-5-11-21(18)28-16)22(27)15-25-13-6-9-19(25)23-24-17-7-2-4-10-20(17)29-23/h2-5,7-8,10-11,16,19H,6,9,12-15H2,1H3/t16-,19-/m0/s1. The van der Waals surface area contributed by atoms with E-state index in [1.165, 1.54) is 9.60 Å². The van der Waals surface area contributed by atoms with E-state index in [2.05, 4.69) is 48.2 Å². The number of thioether (sulfide) groups is 1. The number of para-hydroxylation sites is 2. The number of rotatable bonds is 3. The van der Waals surface area contributed by atoms with Gasteiger partial charge >= 0.3 is 0 Å². The van der Waals surface area contributed by atoms with Gasteiger partial charge in [0.1, 0.15) is 5.01 Å². The fourth-order valence-electron chi connectivity index (χ4n) is 4.33. The largest absolute Gasteiger partial charge is 0.310 e. The number of carbonyl (C=O) groups is 1. The van der Waals surface area contributed by atoms with Crippen molar-refractivity contribution in [1.82, 2.24) is 9.88 Å². The lowest BCUT2D eigenvalue weighted by atomic mass is 10.2. The van der Waals surface area contributed by atoms with Crippen molar-refractivity contribution in [3.63, 3.8) is 0 Å². The van der Waals surface area contributed by atoms with Crippen LogP contribution in [0.5, 0.6) is 0 Å². The minimum absolute atomic E-state index is 0.208. The van der Waals surface area contributed by atoms with Crippen molar-refractivity contribution in [3.05, 3.63) is 53.5 Å². The van der Waals surface area contributed by atoms with E-state index in [1.54, 1.807) is 11.3 Å². The summed E-state index contributed by atoms with van der Waals surface area (Å²) in [6.07, 6.45) is 3.22. The van der Waals surface area contributed by atoms with E-state index >= 15 is 0 Å². The van der Waals surface area contributed by atoms with Crippen molar-refractivity contribution in [3.8, 4) is 0 Å². The molecular weight excluding hydrogens is 398 g/mol. The third kappa shape index (κ3) is 3.81. The summed E-state index contributed by atoms with van der Waals surface area (Å²) in [5, 5.41) is 1.67. The van der Waals surface area contributed by atoms with Gasteiger partial charge in [0.15, 0.2) is 0 Å². The topological polar surface area (TPSA) is 36.4 Å². The molecule has 1 fully saturated rings. The summed E-state index contributed by atoms with van der Waals surface area (Å²) >= 11 is 3.65. The summed E-state index contributed by atoms with van der Waals surface area (Å²) in [4.78, 5) is 23.8. The zero-order chi connectivity index (χ0) is 19.8. The molecule has 0 bridgehead atoms. The highest BCUT2D eigenvalue weighted by molar-refractivity contribution is 8.00. The summed E-state index contributed by atoms with van der Waals surface area (Å²) < 4.78 is 1.23. The zero-order valence-electron chi connectivity index (χ0n) is 16.6. The van der Waals surface area contributed by atoms with Crippen LogP contribution >= 0.6 is 23.1 Å². The molecular formula is C23H25N3OS2. The van der Waals surface area contributed by atoms with Gasteiger partial charge in [0.25, 0.3) is 0 Å². The number of fused-ring (bicyclic) bond motifs is 2. The van der Waals surface area contributed by atoms with Gasteiger partial charge in [-0.1, -0.05) is 31.2 Å². The van der Waals surface area contributed by atoms with Crippen molar-refractivity contribution in [2.24, 2.45) is 0 Å². The van der Waals surface area contributed by atoms with Gasteiger partial charge in [-0.05, 0) is 50.1 Å². The van der Waals surface area contributed by atoms with Gasteiger partial charge < -0.3 is 4.90 Å². The maximum absolute atomic E-state index is 13.4. The monoisotopic (exact) mass is 423 g/mol. The Balaban J connectivity index is 1.37. The molecule has 3 heterocycles. The molecule has 0 saturated carbocycles. The number of carbonyl (C=O) groups excluding carboxylic acids is 1. The van der Waals surface area contributed by atoms with Gasteiger partial charge in [0.2, 0.25) is 5.91 Å². The van der Waals surface area contributed by atoms with Gasteiger partial charge in [0, 0.05) is 16.7 Å². The van der Waals surface area contributed by atoms with Crippen LogP contribution in [0.2, 0.25) is 0 Å². The van der Waals surface area contributed by atoms with E-state index in [0.29, 0.717) is 11.8 Å². The number of anilines is 1. The molecule has 0 aliphatic carbocycles. The molecule has 2 atom stereocenters. The molecule has 0 spiro atoms. The smallest absolute Gasteiger partial charge is 0.241 e. The van der Waals surface area contributed by atoms with E-state index < -0.39 is 0 Å². The van der Waals surface area contributed by atoms with Gasteiger partial charge in [-0.25, -0.2) is 4.98 Å². The lowest BCUT2D eigenvalue weighted by Gasteiger charge is -2.27. The van der Waals surface area contributed by atoms with Crippen LogP contribution in [0.15, 0.2) is 53.4 Å². The molecule has 150 valence electrons. The van der Waals surface area contributed by atoms with Crippen molar-refractivity contribution in [1.29, 1.82) is 0 Å². The Kier molecular flexibility index (Phi) is 5.33. The molecule has 2 aliphatic heterocycles. The molecule has 2 aliphatic rings. The Labute approximate surface area is 179 Å². The second-order valence-corrected chi connectivity index (χ2v) is 10.4. The summed E-state index contributed by atoms with van der Waals surface area (Å²) in [5.41, 5.74) is 2.14. The first kappa shape index (κ1) is 19.1. The van der Waals surface area contributed by atoms with Gasteiger partial charge in [-0.2, -0.15) is 0 Å². The average Bonchev–Trinajstić information content (AvgIpc) is 3.31. The summed E-state index contributed by atoms with van der Waals surface area (Å²) in [7, 11) is 0. The molecule has 0 radical (unpaired) electrons. The quantitative estimate of drug-likeness (QED) is 0.569. The highest BCUT2D eigenvalue weighted by Crippen LogP contribution is 2.39. The highest BCUT2D eigenvalue weighted by Gasteiger charge is 2.32. The third-order valence-corrected chi connectivity index (χ3v) is 8.22. The van der Waals surface area contributed by atoms with Crippen molar-refractivity contribution < 1.29 is 4.79 Å². The molecule has 4 nitrogen and oxygen atoms in total. The molecule has 1 saturated heterocycles. The van der Waals surface area contributed by atoms with Crippen molar-refractivity contribution in [2.45, 2.75) is 42.4 Å². The highest BCUT2D eigenvalue weighted by atomic mass is 32.2. The number of hydrogen-bond acceptors (Lipinski definition) is 5. The van der Waals surface area contributed by atoms with E-state index in [1.807, 2.05) is 28.8 Å². The number of benzene rings is 2. The number of thiazole rings is 1. The Morgan fingerprint density at radius 1 is 1.10 bits per heavy atom. The van der Waals surface area contributed by atoms with Gasteiger partial charge in [-0.3, -0.25) is 9.69 Å². The first-order valence-corrected chi connectivity index (χ1v) is 12.0. The number of nitrogens with zero attached hydrogens (tertiary/aromatic N) is 3. The second kappa shape index (κ2) is 8.09. The minimum Gasteiger partial charge on any atom is -0.310 e. The molecule has 29 heavy (non-hydrogen) atoms. The Morgan fingerprint density at radius 3 is 2.83 bits per heavy atom. The van der Waals surface area contributed by atoms with Crippen molar-refractivity contribution in [2.75, 3.05) is 24.5 Å². The maximum atomic E-state index is 13.4. The van der Waals surface area contributed by atoms with E-state index in [9.17, 15) is 4.79 Å². The van der Waals surface area contributed by atoms with Gasteiger partial charge in [-0.15, -0.1) is 23.1 Å². The predicted molar refractivity (Wildman–Crippen MR) is 122 cm³/mol. The fraction of sp³-hybridized carbons (Fsp3) is 0.391. The lowest BCUT2D eigenvalue weighted by molar-refractivity contribution is -0.120. The fourth-order valence-corrected chi connectivity index (χ4v) is 6.58. The van der Waals surface area contributed by atoms with Crippen LogP contribution in [0.25, 0.3) is 10.2 Å². The van der Waals surface area contributed by atoms with Gasteiger partial charge in [0.05, 0.1) is 28.5 Å². The molecule has 5 rings (SSSR count). The number of amides is 1. The first-order valence-electron chi connectivity index (χ1n) is 10.3. The zero-order valence-corrected chi connectivity index (χ0v) is 18.2. The third-order valence-electron chi connectivity index (χ3n) is 5.84. The Hall–Kier alpha value is -1.89. The molecule has 1 aromatic heterocycles. The van der Waals surface area contributed by atoms with E-state index in [4.69, 9.17) is 4.98 Å². The van der Waals surface area contributed by atoms with E-state index in [0.717, 1.165) is 48.6 Å². The van der Waals surface area contributed by atoms with Crippen LogP contribution in [0.3, 0.4) is 0 Å². The SMILES string of the molecule is C[C@H]1CCN(C(=O)CN2CCC[C@H]2c2nc3ccccc3s2)c2ccccc2S1. The number of likely N-dealkylation sites (tertiary alicyclic amines) is 1.